The number of benzene rings is 3. The Morgan fingerprint density at radius 3 is 2.30 bits per heavy atom. The van der Waals surface area contributed by atoms with Crippen molar-refractivity contribution in [1.82, 2.24) is 0 Å². The highest BCUT2D eigenvalue weighted by atomic mass is 15.2. The molecule has 0 saturated heterocycles. The first-order valence-corrected chi connectivity index (χ1v) is 10.8. The molecule has 152 valence electrons. The van der Waals surface area contributed by atoms with Gasteiger partial charge in [0.25, 0.3) is 0 Å². The molecule has 0 amide bonds. The number of hydrogen-bond donors (Lipinski definition) is 0. The molecule has 0 N–H and O–H groups in total. The lowest BCUT2D eigenvalue weighted by molar-refractivity contribution is 0.550. The van der Waals surface area contributed by atoms with Crippen molar-refractivity contribution in [3.8, 4) is 11.1 Å². The fourth-order valence-electron chi connectivity index (χ4n) is 4.33. The number of nitrogens with zero attached hydrogens (tertiary/aromatic N) is 2. The van der Waals surface area contributed by atoms with Gasteiger partial charge in [-0.25, -0.2) is 0 Å². The SMILES string of the molecule is CCCN1c2ccc(C=Nc3ccc(-c4ccccc4)cc3)cc2C(C)=CC1(C)C. The normalized spacial score (nSPS) is 15.2. The molecule has 0 unspecified atom stereocenters. The molecule has 0 bridgehead atoms. The quantitative estimate of drug-likeness (QED) is 0.409. The molecule has 0 aliphatic carbocycles. The van der Waals surface area contributed by atoms with Crippen LogP contribution in [0.4, 0.5) is 11.4 Å². The molecule has 1 heterocycles. The highest BCUT2D eigenvalue weighted by Crippen LogP contribution is 2.39. The monoisotopic (exact) mass is 394 g/mol. The zero-order valence-corrected chi connectivity index (χ0v) is 18.4. The zero-order valence-electron chi connectivity index (χ0n) is 18.4. The highest BCUT2D eigenvalue weighted by molar-refractivity contribution is 5.88. The lowest BCUT2D eigenvalue weighted by Gasteiger charge is -2.43. The largest absolute Gasteiger partial charge is 0.362 e. The lowest BCUT2D eigenvalue weighted by atomic mass is 9.88. The van der Waals surface area contributed by atoms with Crippen LogP contribution >= 0.6 is 0 Å². The van der Waals surface area contributed by atoms with Gasteiger partial charge in [0.2, 0.25) is 0 Å². The van der Waals surface area contributed by atoms with E-state index in [-0.39, 0.29) is 5.54 Å². The minimum atomic E-state index is 0.0448. The number of rotatable bonds is 5. The van der Waals surface area contributed by atoms with Crippen LogP contribution in [-0.2, 0) is 0 Å². The van der Waals surface area contributed by atoms with E-state index in [1.54, 1.807) is 0 Å². The number of hydrogen-bond acceptors (Lipinski definition) is 2. The van der Waals surface area contributed by atoms with Crippen LogP contribution in [0.3, 0.4) is 0 Å². The van der Waals surface area contributed by atoms with Crippen LogP contribution in [0, 0.1) is 0 Å². The van der Waals surface area contributed by atoms with Gasteiger partial charge >= 0.3 is 0 Å². The molecule has 0 spiro atoms. The minimum absolute atomic E-state index is 0.0448. The first kappa shape index (κ1) is 20.2. The Bertz CT molecular complexity index is 1070. The van der Waals surface area contributed by atoms with Crippen molar-refractivity contribution in [3.05, 3.63) is 90.0 Å². The molecule has 3 aromatic carbocycles. The fraction of sp³-hybridized carbons (Fsp3) is 0.250. The summed E-state index contributed by atoms with van der Waals surface area (Å²) in [7, 11) is 0. The van der Waals surface area contributed by atoms with Crippen LogP contribution < -0.4 is 4.90 Å². The molecular weight excluding hydrogens is 364 g/mol. The Kier molecular flexibility index (Phi) is 5.59. The van der Waals surface area contributed by atoms with E-state index in [0.717, 1.165) is 24.2 Å². The van der Waals surface area contributed by atoms with E-state index in [1.165, 1.54) is 28.0 Å². The summed E-state index contributed by atoms with van der Waals surface area (Å²) in [6, 6.07) is 25.5. The number of anilines is 1. The van der Waals surface area contributed by atoms with Gasteiger partial charge < -0.3 is 4.90 Å². The standard InChI is InChI=1S/C28H30N2/c1-5-17-30-27-16-11-22(18-26(27)21(2)19-28(30,3)4)20-29-25-14-12-24(13-15-25)23-9-7-6-8-10-23/h6-16,18-20H,5,17H2,1-4H3. The van der Waals surface area contributed by atoms with Gasteiger partial charge in [-0.05, 0) is 73.7 Å². The molecule has 0 saturated carbocycles. The molecule has 0 fully saturated rings. The van der Waals surface area contributed by atoms with Crippen LogP contribution in [0.2, 0.25) is 0 Å². The van der Waals surface area contributed by atoms with Crippen LogP contribution in [0.1, 0.15) is 45.2 Å². The zero-order chi connectivity index (χ0) is 21.1. The van der Waals surface area contributed by atoms with Crippen molar-refractivity contribution < 1.29 is 0 Å². The van der Waals surface area contributed by atoms with Crippen molar-refractivity contribution >= 4 is 23.2 Å². The van der Waals surface area contributed by atoms with E-state index in [4.69, 9.17) is 4.99 Å². The second kappa shape index (κ2) is 8.31. The molecule has 2 heteroatoms. The summed E-state index contributed by atoms with van der Waals surface area (Å²) in [4.78, 5) is 7.22. The van der Waals surface area contributed by atoms with Crippen LogP contribution in [-0.4, -0.2) is 18.3 Å². The molecular formula is C28H30N2. The topological polar surface area (TPSA) is 15.6 Å². The van der Waals surface area contributed by atoms with Gasteiger partial charge in [-0.1, -0.05) is 61.5 Å². The highest BCUT2D eigenvalue weighted by Gasteiger charge is 2.30. The van der Waals surface area contributed by atoms with E-state index < -0.39 is 0 Å². The van der Waals surface area contributed by atoms with Crippen molar-refractivity contribution in [2.75, 3.05) is 11.4 Å². The Morgan fingerprint density at radius 2 is 1.60 bits per heavy atom. The predicted octanol–water partition coefficient (Wildman–Crippen LogP) is 7.52. The molecule has 0 atom stereocenters. The van der Waals surface area contributed by atoms with Crippen molar-refractivity contribution in [1.29, 1.82) is 0 Å². The predicted molar refractivity (Wildman–Crippen MR) is 131 cm³/mol. The summed E-state index contributed by atoms with van der Waals surface area (Å²) in [6.07, 6.45) is 5.49. The van der Waals surface area contributed by atoms with Gasteiger partial charge in [-0.3, -0.25) is 4.99 Å². The van der Waals surface area contributed by atoms with E-state index in [1.807, 2.05) is 12.3 Å². The Labute approximate surface area is 180 Å². The van der Waals surface area contributed by atoms with E-state index in [2.05, 4.69) is 105 Å². The summed E-state index contributed by atoms with van der Waals surface area (Å²) in [5.41, 5.74) is 8.55. The molecule has 4 rings (SSSR count). The number of fused-ring (bicyclic) bond motifs is 1. The third kappa shape index (κ3) is 4.09. The molecule has 0 radical (unpaired) electrons. The number of allylic oxidation sites excluding steroid dienone is 1. The maximum atomic E-state index is 4.71. The molecule has 3 aromatic rings. The van der Waals surface area contributed by atoms with E-state index in [9.17, 15) is 0 Å². The summed E-state index contributed by atoms with van der Waals surface area (Å²) >= 11 is 0. The van der Waals surface area contributed by atoms with Gasteiger partial charge in [0, 0.05) is 24.0 Å². The molecule has 0 aromatic heterocycles. The Hall–Kier alpha value is -3.13. The fourth-order valence-corrected chi connectivity index (χ4v) is 4.33. The summed E-state index contributed by atoms with van der Waals surface area (Å²) < 4.78 is 0. The maximum Gasteiger partial charge on any atom is 0.0630 e. The molecule has 30 heavy (non-hydrogen) atoms. The van der Waals surface area contributed by atoms with Crippen molar-refractivity contribution in [3.63, 3.8) is 0 Å². The molecule has 2 nitrogen and oxygen atoms in total. The smallest absolute Gasteiger partial charge is 0.0630 e. The van der Waals surface area contributed by atoms with E-state index >= 15 is 0 Å². The van der Waals surface area contributed by atoms with Crippen LogP contribution in [0.15, 0.2) is 83.9 Å². The van der Waals surface area contributed by atoms with Crippen molar-refractivity contribution in [2.24, 2.45) is 4.99 Å². The van der Waals surface area contributed by atoms with Crippen molar-refractivity contribution in [2.45, 2.75) is 39.7 Å². The molecule has 1 aliphatic rings. The van der Waals surface area contributed by atoms with Crippen LogP contribution in [0.5, 0.6) is 0 Å². The second-order valence-corrected chi connectivity index (χ2v) is 8.58. The van der Waals surface area contributed by atoms with Gasteiger partial charge in [0.1, 0.15) is 0 Å². The maximum absolute atomic E-state index is 4.71. The first-order chi connectivity index (χ1) is 14.5. The summed E-state index contributed by atoms with van der Waals surface area (Å²) in [6.45, 7) is 10.1. The van der Waals surface area contributed by atoms with Gasteiger partial charge in [0.05, 0.1) is 11.2 Å². The van der Waals surface area contributed by atoms with Gasteiger partial charge in [-0.15, -0.1) is 0 Å². The Morgan fingerprint density at radius 1 is 0.900 bits per heavy atom. The van der Waals surface area contributed by atoms with Crippen LogP contribution in [0.25, 0.3) is 16.7 Å². The number of aliphatic imine (C=N–C) groups is 1. The molecule has 1 aliphatic heterocycles. The van der Waals surface area contributed by atoms with E-state index in [0.29, 0.717) is 0 Å². The second-order valence-electron chi connectivity index (χ2n) is 8.58. The third-order valence-electron chi connectivity index (χ3n) is 5.79. The first-order valence-electron chi connectivity index (χ1n) is 10.8. The minimum Gasteiger partial charge on any atom is -0.362 e. The lowest BCUT2D eigenvalue weighted by Crippen LogP contribution is -2.45. The summed E-state index contributed by atoms with van der Waals surface area (Å²) in [5.74, 6) is 0. The average Bonchev–Trinajstić information content (AvgIpc) is 2.76. The Balaban J connectivity index is 1.58. The average molecular weight is 395 g/mol. The third-order valence-corrected chi connectivity index (χ3v) is 5.79. The van der Waals surface area contributed by atoms with Gasteiger partial charge in [0.15, 0.2) is 0 Å². The summed E-state index contributed by atoms with van der Waals surface area (Å²) in [5, 5.41) is 0. The van der Waals surface area contributed by atoms with Gasteiger partial charge in [-0.2, -0.15) is 0 Å².